The van der Waals surface area contributed by atoms with Gasteiger partial charge >= 0.3 is 7.75 Å². The van der Waals surface area contributed by atoms with Gasteiger partial charge in [-0.05, 0) is 51.5 Å². The molecule has 0 aliphatic rings. The quantitative estimate of drug-likeness (QED) is 0.268. The molecule has 2 N–H and O–H groups in total. The van der Waals surface area contributed by atoms with Gasteiger partial charge in [-0.1, -0.05) is 49.7 Å². The summed E-state index contributed by atoms with van der Waals surface area (Å²) in [7, 11) is -3.80. The molecule has 28 heavy (non-hydrogen) atoms. The van der Waals surface area contributed by atoms with Crippen LogP contribution in [-0.2, 0) is 4.57 Å². The van der Waals surface area contributed by atoms with Crippen molar-refractivity contribution in [2.75, 3.05) is 6.54 Å². The van der Waals surface area contributed by atoms with Gasteiger partial charge in [-0.3, -0.25) is 4.99 Å². The van der Waals surface area contributed by atoms with Crippen LogP contribution in [0.1, 0.15) is 40.5 Å². The van der Waals surface area contributed by atoms with E-state index in [9.17, 15) is 4.57 Å². The molecule has 0 unspecified atom stereocenters. The number of guanidine groups is 1. The van der Waals surface area contributed by atoms with Crippen molar-refractivity contribution in [2.45, 2.75) is 46.1 Å². The molecule has 0 aliphatic carbocycles. The van der Waals surface area contributed by atoms with Crippen LogP contribution in [-0.4, -0.2) is 18.0 Å². The van der Waals surface area contributed by atoms with Crippen LogP contribution < -0.4 is 19.5 Å². The standard InChI is InChI=1S/C21H30N3O3P/c1-5-6-17-22-20(23-21(2,3)4)24-28(25,26-18-13-9-7-10-14-18)27-19-15-11-8-12-16-19/h7-16H,5-6,17H2,1-4H3,(H2,22,23,24,25). The minimum absolute atomic E-state index is 0.275. The summed E-state index contributed by atoms with van der Waals surface area (Å²) in [6.07, 6.45) is 1.95. The Labute approximate surface area is 168 Å². The number of hydrogen-bond acceptors (Lipinski definition) is 4. The van der Waals surface area contributed by atoms with Crippen LogP contribution in [0.3, 0.4) is 0 Å². The van der Waals surface area contributed by atoms with Gasteiger partial charge < -0.3 is 14.4 Å². The van der Waals surface area contributed by atoms with E-state index in [4.69, 9.17) is 9.05 Å². The third-order valence-electron chi connectivity index (χ3n) is 3.46. The number of aliphatic imine (C=N–C) groups is 1. The van der Waals surface area contributed by atoms with Gasteiger partial charge in [-0.2, -0.15) is 0 Å². The highest BCUT2D eigenvalue weighted by Crippen LogP contribution is 2.44. The van der Waals surface area contributed by atoms with Crippen LogP contribution in [0.25, 0.3) is 0 Å². The normalized spacial score (nSPS) is 12.4. The highest BCUT2D eigenvalue weighted by atomic mass is 31.2. The molecule has 6 nitrogen and oxygen atoms in total. The van der Waals surface area contributed by atoms with E-state index in [1.165, 1.54) is 0 Å². The summed E-state index contributed by atoms with van der Waals surface area (Å²) >= 11 is 0. The summed E-state index contributed by atoms with van der Waals surface area (Å²) in [5.41, 5.74) is -0.275. The molecule has 2 rings (SSSR count). The highest BCUT2D eigenvalue weighted by Gasteiger charge is 2.31. The molecule has 2 aromatic rings. The Balaban J connectivity index is 2.29. The van der Waals surface area contributed by atoms with Crippen molar-refractivity contribution in [1.29, 1.82) is 0 Å². The largest absolute Gasteiger partial charge is 0.544 e. The van der Waals surface area contributed by atoms with Crippen molar-refractivity contribution in [2.24, 2.45) is 4.99 Å². The fourth-order valence-corrected chi connectivity index (χ4v) is 3.55. The number of rotatable bonds is 8. The first-order chi connectivity index (χ1) is 13.3. The first-order valence-electron chi connectivity index (χ1n) is 9.50. The third kappa shape index (κ3) is 8.05. The SMILES string of the molecule is CCCCN=C(NC(C)(C)C)NP(=O)(Oc1ccccc1)Oc1ccccc1. The first-order valence-corrected chi connectivity index (χ1v) is 11.0. The molecule has 2 aromatic carbocycles. The second-order valence-electron chi connectivity index (χ2n) is 7.38. The summed E-state index contributed by atoms with van der Waals surface area (Å²) in [5.74, 6) is 1.27. The van der Waals surface area contributed by atoms with Crippen LogP contribution in [0, 0.1) is 0 Å². The van der Waals surface area contributed by atoms with Gasteiger partial charge in [0.2, 0.25) is 5.96 Å². The smallest absolute Gasteiger partial charge is 0.400 e. The van der Waals surface area contributed by atoms with E-state index in [2.05, 4.69) is 22.3 Å². The molecular weight excluding hydrogens is 373 g/mol. The Bertz CT molecular complexity index is 744. The topological polar surface area (TPSA) is 72.0 Å². The van der Waals surface area contributed by atoms with Gasteiger partial charge in [0.15, 0.2) is 0 Å². The molecule has 0 heterocycles. The number of benzene rings is 2. The predicted molar refractivity (Wildman–Crippen MR) is 115 cm³/mol. The Morgan fingerprint density at radius 3 is 1.89 bits per heavy atom. The van der Waals surface area contributed by atoms with Crippen molar-refractivity contribution in [1.82, 2.24) is 10.4 Å². The van der Waals surface area contributed by atoms with E-state index in [0.717, 1.165) is 12.8 Å². The predicted octanol–water partition coefficient (Wildman–Crippen LogP) is 5.39. The monoisotopic (exact) mass is 403 g/mol. The third-order valence-corrected chi connectivity index (χ3v) is 4.84. The first kappa shape index (κ1) is 21.8. The Kier molecular flexibility index (Phi) is 7.94. The lowest BCUT2D eigenvalue weighted by atomic mass is 10.1. The van der Waals surface area contributed by atoms with E-state index in [0.29, 0.717) is 24.0 Å². The van der Waals surface area contributed by atoms with E-state index < -0.39 is 7.75 Å². The number of nitrogens with one attached hydrogen (secondary N) is 2. The van der Waals surface area contributed by atoms with Crippen LogP contribution in [0.4, 0.5) is 0 Å². The fraction of sp³-hybridized carbons (Fsp3) is 0.381. The molecule has 0 atom stereocenters. The molecule has 0 spiro atoms. The number of nitrogens with zero attached hydrogens (tertiary/aromatic N) is 1. The fourth-order valence-electron chi connectivity index (χ4n) is 2.24. The number of hydrogen-bond donors (Lipinski definition) is 2. The van der Waals surface area contributed by atoms with Crippen molar-refractivity contribution in [3.8, 4) is 11.5 Å². The summed E-state index contributed by atoms with van der Waals surface area (Å²) in [5, 5.41) is 6.14. The Morgan fingerprint density at radius 2 is 1.46 bits per heavy atom. The van der Waals surface area contributed by atoms with Crippen LogP contribution in [0.2, 0.25) is 0 Å². The lowest BCUT2D eigenvalue weighted by Gasteiger charge is -2.27. The van der Waals surface area contributed by atoms with Gasteiger partial charge in [0, 0.05) is 12.1 Å². The van der Waals surface area contributed by atoms with Crippen molar-refractivity contribution >= 4 is 13.7 Å². The maximum absolute atomic E-state index is 13.6. The number of para-hydroxylation sites is 2. The van der Waals surface area contributed by atoms with Crippen molar-refractivity contribution in [3.05, 3.63) is 60.7 Å². The minimum atomic E-state index is -3.80. The summed E-state index contributed by atoms with van der Waals surface area (Å²) < 4.78 is 25.1. The zero-order chi connectivity index (χ0) is 20.5. The van der Waals surface area contributed by atoms with Gasteiger partial charge in [0.25, 0.3) is 0 Å². The molecule has 0 saturated carbocycles. The highest BCUT2D eigenvalue weighted by molar-refractivity contribution is 7.53. The number of unbranched alkanes of at least 4 members (excludes halogenated alkanes) is 1. The summed E-state index contributed by atoms with van der Waals surface area (Å²) in [4.78, 5) is 4.53. The van der Waals surface area contributed by atoms with Crippen LogP contribution in [0.5, 0.6) is 11.5 Å². The van der Waals surface area contributed by atoms with Crippen molar-refractivity contribution < 1.29 is 13.6 Å². The van der Waals surface area contributed by atoms with Crippen LogP contribution >= 0.6 is 7.75 Å². The lowest BCUT2D eigenvalue weighted by molar-refractivity contribution is 0.378. The molecule has 0 aromatic heterocycles. The minimum Gasteiger partial charge on any atom is -0.400 e. The molecule has 0 aliphatic heterocycles. The second-order valence-corrected chi connectivity index (χ2v) is 8.96. The molecular formula is C21H30N3O3P. The van der Waals surface area contributed by atoms with Crippen molar-refractivity contribution in [3.63, 3.8) is 0 Å². The van der Waals surface area contributed by atoms with E-state index in [-0.39, 0.29) is 5.54 Å². The molecule has 0 fully saturated rings. The summed E-state index contributed by atoms with van der Waals surface area (Å²) in [6.45, 7) is 8.72. The average molecular weight is 403 g/mol. The zero-order valence-electron chi connectivity index (χ0n) is 17.0. The Hall–Kier alpha value is -2.46. The average Bonchev–Trinajstić information content (AvgIpc) is 2.62. The summed E-state index contributed by atoms with van der Waals surface area (Å²) in [6, 6.07) is 17.9. The maximum Gasteiger partial charge on any atom is 0.544 e. The van der Waals surface area contributed by atoms with E-state index in [1.54, 1.807) is 24.3 Å². The zero-order valence-corrected chi connectivity index (χ0v) is 17.9. The van der Waals surface area contributed by atoms with Gasteiger partial charge in [-0.25, -0.2) is 9.65 Å². The van der Waals surface area contributed by atoms with E-state index >= 15 is 0 Å². The van der Waals surface area contributed by atoms with Gasteiger partial charge in [0.1, 0.15) is 11.5 Å². The lowest BCUT2D eigenvalue weighted by Crippen LogP contribution is -2.47. The molecule has 0 radical (unpaired) electrons. The molecule has 0 saturated heterocycles. The van der Waals surface area contributed by atoms with Gasteiger partial charge in [0.05, 0.1) is 0 Å². The van der Waals surface area contributed by atoms with Gasteiger partial charge in [-0.15, -0.1) is 0 Å². The molecule has 7 heteroatoms. The molecule has 0 bridgehead atoms. The Morgan fingerprint density at radius 1 is 0.964 bits per heavy atom. The molecule has 0 amide bonds. The van der Waals surface area contributed by atoms with E-state index in [1.807, 2.05) is 57.2 Å². The van der Waals surface area contributed by atoms with Crippen LogP contribution in [0.15, 0.2) is 65.7 Å². The second kappa shape index (κ2) is 10.2. The molecule has 152 valence electrons. The maximum atomic E-state index is 13.6.